The lowest BCUT2D eigenvalue weighted by molar-refractivity contribution is -0.144. The first-order valence-corrected chi connectivity index (χ1v) is 8.78. The zero-order chi connectivity index (χ0) is 18.2. The second-order valence-electron chi connectivity index (χ2n) is 6.66. The van der Waals surface area contributed by atoms with Crippen LogP contribution < -0.4 is 10.1 Å². The number of carbonyl (C=O) groups is 2. The quantitative estimate of drug-likeness (QED) is 0.635. The van der Waals surface area contributed by atoms with Crippen molar-refractivity contribution in [2.24, 2.45) is 11.8 Å². The van der Waals surface area contributed by atoms with Gasteiger partial charge in [0, 0.05) is 12.1 Å². The maximum absolute atomic E-state index is 12.0. The van der Waals surface area contributed by atoms with Gasteiger partial charge in [0.05, 0.1) is 7.11 Å². The molecule has 1 saturated carbocycles. The molecule has 1 aromatic rings. The first kappa shape index (κ1) is 19.0. The zero-order valence-electron chi connectivity index (χ0n) is 15.2. The van der Waals surface area contributed by atoms with Crippen LogP contribution in [-0.2, 0) is 14.3 Å². The molecule has 0 radical (unpaired) electrons. The largest absolute Gasteiger partial charge is 0.497 e. The molecule has 2 rings (SSSR count). The van der Waals surface area contributed by atoms with E-state index in [0.717, 1.165) is 18.4 Å². The minimum atomic E-state index is -0.539. The Hall–Kier alpha value is -2.30. The monoisotopic (exact) mass is 345 g/mol. The molecule has 1 N–H and O–H groups in total. The Balaban J connectivity index is 1.77. The number of carbonyl (C=O) groups excluding carboxylic acids is 2. The molecule has 25 heavy (non-hydrogen) atoms. The molecule has 0 bridgehead atoms. The molecule has 1 aliphatic rings. The Labute approximate surface area is 149 Å². The highest BCUT2D eigenvalue weighted by atomic mass is 16.5. The van der Waals surface area contributed by atoms with Crippen molar-refractivity contribution in [3.63, 3.8) is 0 Å². The first-order chi connectivity index (χ1) is 12.0. The van der Waals surface area contributed by atoms with E-state index >= 15 is 0 Å². The van der Waals surface area contributed by atoms with Gasteiger partial charge in [0.1, 0.15) is 5.75 Å². The number of hydrogen-bond donors (Lipinski definition) is 1. The summed E-state index contributed by atoms with van der Waals surface area (Å²) in [6, 6.07) is 7.49. The average molecular weight is 345 g/mol. The predicted molar refractivity (Wildman–Crippen MR) is 97.1 cm³/mol. The van der Waals surface area contributed by atoms with Crippen molar-refractivity contribution < 1.29 is 19.1 Å². The normalized spacial score (nSPS) is 23.2. The minimum absolute atomic E-state index is 0.169. The maximum atomic E-state index is 12.0. The summed E-state index contributed by atoms with van der Waals surface area (Å²) in [4.78, 5) is 23.8. The van der Waals surface area contributed by atoms with Crippen LogP contribution in [0.25, 0.3) is 6.08 Å². The molecule has 5 nitrogen and oxygen atoms in total. The molecular weight excluding hydrogens is 318 g/mol. The van der Waals surface area contributed by atoms with Crippen molar-refractivity contribution in [1.82, 2.24) is 5.32 Å². The number of nitrogens with one attached hydrogen (secondary N) is 1. The van der Waals surface area contributed by atoms with E-state index in [2.05, 4.69) is 19.2 Å². The van der Waals surface area contributed by atoms with Crippen LogP contribution in [0.15, 0.2) is 30.3 Å². The molecule has 3 atom stereocenters. The molecular formula is C20H27NO4. The van der Waals surface area contributed by atoms with Crippen molar-refractivity contribution in [3.8, 4) is 5.75 Å². The van der Waals surface area contributed by atoms with Crippen LogP contribution in [-0.4, -0.2) is 31.6 Å². The van der Waals surface area contributed by atoms with Gasteiger partial charge in [0.2, 0.25) is 0 Å². The summed E-state index contributed by atoms with van der Waals surface area (Å²) in [6.45, 7) is 4.13. The van der Waals surface area contributed by atoms with Crippen LogP contribution in [0, 0.1) is 11.8 Å². The smallest absolute Gasteiger partial charge is 0.331 e. The number of benzene rings is 1. The average Bonchev–Trinajstić information content (AvgIpc) is 2.62. The first-order valence-electron chi connectivity index (χ1n) is 8.78. The predicted octanol–water partition coefficient (Wildman–Crippen LogP) is 3.19. The summed E-state index contributed by atoms with van der Waals surface area (Å²) in [5.41, 5.74) is 0.825. The second-order valence-corrected chi connectivity index (χ2v) is 6.66. The third kappa shape index (κ3) is 5.93. The standard InChI is InChI=1S/C20H27NO4/c1-14-6-4-9-18(15(14)2)21-19(22)13-25-20(23)11-10-16-7-5-8-17(12-16)24-3/h5,7-8,10-12,14-15,18H,4,6,9,13H2,1-3H3,(H,21,22)/b11-10+/t14-,15+,18+/m1/s1. The number of amides is 1. The summed E-state index contributed by atoms with van der Waals surface area (Å²) in [7, 11) is 1.59. The number of methoxy groups -OCH3 is 1. The highest BCUT2D eigenvalue weighted by Crippen LogP contribution is 2.29. The Morgan fingerprint density at radius 1 is 1.28 bits per heavy atom. The molecule has 0 aromatic heterocycles. The third-order valence-corrected chi connectivity index (χ3v) is 4.90. The number of hydrogen-bond acceptors (Lipinski definition) is 4. The van der Waals surface area contributed by atoms with Gasteiger partial charge < -0.3 is 14.8 Å². The van der Waals surface area contributed by atoms with Gasteiger partial charge in [0.25, 0.3) is 5.91 Å². The van der Waals surface area contributed by atoms with Crippen LogP contribution in [0.4, 0.5) is 0 Å². The van der Waals surface area contributed by atoms with Gasteiger partial charge in [0.15, 0.2) is 6.61 Å². The van der Waals surface area contributed by atoms with Crippen molar-refractivity contribution in [2.45, 2.75) is 39.2 Å². The van der Waals surface area contributed by atoms with Gasteiger partial charge >= 0.3 is 5.97 Å². The van der Waals surface area contributed by atoms with Gasteiger partial charge in [-0.1, -0.05) is 38.8 Å². The zero-order valence-corrected chi connectivity index (χ0v) is 15.2. The summed E-state index contributed by atoms with van der Waals surface area (Å²) >= 11 is 0. The molecule has 1 aromatic carbocycles. The van der Waals surface area contributed by atoms with Crippen LogP contribution >= 0.6 is 0 Å². The highest BCUT2D eigenvalue weighted by Gasteiger charge is 2.28. The van der Waals surface area contributed by atoms with E-state index in [9.17, 15) is 9.59 Å². The van der Waals surface area contributed by atoms with Gasteiger partial charge in [-0.15, -0.1) is 0 Å². The van der Waals surface area contributed by atoms with E-state index < -0.39 is 5.97 Å². The molecule has 0 unspecified atom stereocenters. The van der Waals surface area contributed by atoms with Gasteiger partial charge in [-0.2, -0.15) is 0 Å². The minimum Gasteiger partial charge on any atom is -0.497 e. The summed E-state index contributed by atoms with van der Waals surface area (Å²) in [5, 5.41) is 2.99. The molecule has 0 aliphatic heterocycles. The van der Waals surface area contributed by atoms with E-state index in [1.165, 1.54) is 12.5 Å². The van der Waals surface area contributed by atoms with Crippen LogP contribution in [0.5, 0.6) is 5.75 Å². The van der Waals surface area contributed by atoms with Crippen molar-refractivity contribution >= 4 is 18.0 Å². The van der Waals surface area contributed by atoms with Gasteiger partial charge in [-0.25, -0.2) is 4.79 Å². The number of ether oxygens (including phenoxy) is 2. The molecule has 1 fully saturated rings. The lowest BCUT2D eigenvalue weighted by Crippen LogP contribution is -2.45. The molecule has 0 spiro atoms. The molecule has 1 aliphatic carbocycles. The molecule has 0 saturated heterocycles. The van der Waals surface area contributed by atoms with E-state index in [-0.39, 0.29) is 18.6 Å². The Bertz CT molecular complexity index is 626. The fourth-order valence-electron chi connectivity index (χ4n) is 3.13. The van der Waals surface area contributed by atoms with E-state index in [1.807, 2.05) is 24.3 Å². The number of rotatable bonds is 6. The summed E-state index contributed by atoms with van der Waals surface area (Å²) < 4.78 is 10.1. The fourth-order valence-corrected chi connectivity index (χ4v) is 3.13. The Morgan fingerprint density at radius 3 is 2.84 bits per heavy atom. The maximum Gasteiger partial charge on any atom is 0.331 e. The SMILES string of the molecule is COc1cccc(/C=C/C(=O)OCC(=O)N[C@H]2CCC[C@@H](C)[C@@H]2C)c1. The van der Waals surface area contributed by atoms with Crippen molar-refractivity contribution in [1.29, 1.82) is 0 Å². The van der Waals surface area contributed by atoms with E-state index in [4.69, 9.17) is 9.47 Å². The molecule has 136 valence electrons. The Morgan fingerprint density at radius 2 is 2.08 bits per heavy atom. The van der Waals surface area contributed by atoms with Crippen LogP contribution in [0.3, 0.4) is 0 Å². The van der Waals surface area contributed by atoms with E-state index in [1.54, 1.807) is 13.2 Å². The fraction of sp³-hybridized carbons (Fsp3) is 0.500. The lowest BCUT2D eigenvalue weighted by Gasteiger charge is -2.34. The lowest BCUT2D eigenvalue weighted by atomic mass is 9.78. The topological polar surface area (TPSA) is 64.6 Å². The third-order valence-electron chi connectivity index (χ3n) is 4.90. The second kappa shape index (κ2) is 9.25. The number of esters is 1. The summed E-state index contributed by atoms with van der Waals surface area (Å²) in [5.74, 6) is 0.983. The van der Waals surface area contributed by atoms with Crippen LogP contribution in [0.1, 0.15) is 38.7 Å². The van der Waals surface area contributed by atoms with Crippen molar-refractivity contribution in [2.75, 3.05) is 13.7 Å². The molecule has 5 heteroatoms. The Kier molecular flexibility index (Phi) is 7.04. The highest BCUT2D eigenvalue weighted by molar-refractivity contribution is 5.89. The molecule has 0 heterocycles. The molecule has 1 amide bonds. The van der Waals surface area contributed by atoms with Crippen LogP contribution in [0.2, 0.25) is 0 Å². The van der Waals surface area contributed by atoms with Gasteiger partial charge in [-0.05, 0) is 42.0 Å². The van der Waals surface area contributed by atoms with Crippen molar-refractivity contribution in [3.05, 3.63) is 35.9 Å². The van der Waals surface area contributed by atoms with Gasteiger partial charge in [-0.3, -0.25) is 4.79 Å². The summed E-state index contributed by atoms with van der Waals surface area (Å²) in [6.07, 6.45) is 6.26. The van der Waals surface area contributed by atoms with E-state index in [0.29, 0.717) is 17.6 Å².